The Labute approximate surface area is 114 Å². The van der Waals surface area contributed by atoms with Crippen molar-refractivity contribution in [1.29, 1.82) is 0 Å². The van der Waals surface area contributed by atoms with E-state index in [-0.39, 0.29) is 6.04 Å². The molecular weight excluding hydrogens is 246 g/mol. The molecule has 1 unspecified atom stereocenters. The number of rotatable bonds is 5. The van der Waals surface area contributed by atoms with Gasteiger partial charge in [-0.15, -0.1) is 0 Å². The Morgan fingerprint density at radius 3 is 3.00 bits per heavy atom. The summed E-state index contributed by atoms with van der Waals surface area (Å²) in [7, 11) is 0. The molecule has 2 nitrogen and oxygen atoms in total. The van der Waals surface area contributed by atoms with Gasteiger partial charge in [0.1, 0.15) is 0 Å². The van der Waals surface area contributed by atoms with Gasteiger partial charge in [0.05, 0.1) is 18.9 Å². The quantitative estimate of drug-likeness (QED) is 0.866. The summed E-state index contributed by atoms with van der Waals surface area (Å²) in [4.78, 5) is 0. The van der Waals surface area contributed by atoms with Gasteiger partial charge in [0, 0.05) is 5.02 Å². The Kier molecular flexibility index (Phi) is 5.09. The van der Waals surface area contributed by atoms with Crippen LogP contribution in [0, 0.1) is 0 Å². The topological polar surface area (TPSA) is 21.3 Å². The first-order valence-electron chi connectivity index (χ1n) is 6.60. The molecule has 0 aliphatic carbocycles. The summed E-state index contributed by atoms with van der Waals surface area (Å²) < 4.78 is 5.46. The molecule has 0 fully saturated rings. The maximum Gasteiger partial charge on any atom is 0.0876 e. The van der Waals surface area contributed by atoms with Crippen molar-refractivity contribution in [1.82, 2.24) is 5.32 Å². The van der Waals surface area contributed by atoms with E-state index in [1.165, 1.54) is 11.1 Å². The molecule has 0 aromatic heterocycles. The molecule has 0 spiro atoms. The first-order chi connectivity index (χ1) is 8.81. The number of hydrogen-bond donors (Lipinski definition) is 1. The molecule has 0 saturated heterocycles. The van der Waals surface area contributed by atoms with Gasteiger partial charge in [-0.05, 0) is 49.1 Å². The average Bonchev–Trinajstić information content (AvgIpc) is 2.40. The van der Waals surface area contributed by atoms with Crippen LogP contribution in [0.2, 0.25) is 5.02 Å². The normalized spacial score (nSPS) is 16.9. The van der Waals surface area contributed by atoms with Crippen LogP contribution in [0.15, 0.2) is 36.1 Å². The molecule has 18 heavy (non-hydrogen) atoms. The molecule has 1 atom stereocenters. The van der Waals surface area contributed by atoms with Crippen molar-refractivity contribution in [2.75, 3.05) is 13.2 Å². The van der Waals surface area contributed by atoms with E-state index < -0.39 is 0 Å². The van der Waals surface area contributed by atoms with E-state index in [4.69, 9.17) is 16.3 Å². The van der Waals surface area contributed by atoms with Crippen LogP contribution in [0.5, 0.6) is 0 Å². The van der Waals surface area contributed by atoms with Crippen molar-refractivity contribution in [3.05, 3.63) is 46.7 Å². The highest BCUT2D eigenvalue weighted by Gasteiger charge is 2.18. The average molecular weight is 266 g/mol. The summed E-state index contributed by atoms with van der Waals surface area (Å²) in [5.41, 5.74) is 2.53. The van der Waals surface area contributed by atoms with E-state index in [1.807, 2.05) is 24.5 Å². The zero-order valence-electron chi connectivity index (χ0n) is 10.8. The van der Waals surface area contributed by atoms with E-state index >= 15 is 0 Å². The Morgan fingerprint density at radius 1 is 1.44 bits per heavy atom. The van der Waals surface area contributed by atoms with Gasteiger partial charge in [0.2, 0.25) is 0 Å². The predicted octanol–water partition coefficient (Wildman–Crippen LogP) is 4.08. The van der Waals surface area contributed by atoms with Crippen LogP contribution < -0.4 is 5.32 Å². The molecule has 0 amide bonds. The fraction of sp³-hybridized carbons (Fsp3) is 0.467. The minimum Gasteiger partial charge on any atom is -0.501 e. The third kappa shape index (κ3) is 3.50. The lowest BCUT2D eigenvalue weighted by atomic mass is 9.95. The lowest BCUT2D eigenvalue weighted by molar-refractivity contribution is 0.219. The van der Waals surface area contributed by atoms with Crippen molar-refractivity contribution in [2.24, 2.45) is 0 Å². The zero-order valence-corrected chi connectivity index (χ0v) is 11.5. The highest BCUT2D eigenvalue weighted by atomic mass is 35.5. The lowest BCUT2D eigenvalue weighted by Gasteiger charge is -2.25. The Balaban J connectivity index is 2.21. The van der Waals surface area contributed by atoms with E-state index in [0.717, 1.165) is 37.4 Å². The first kappa shape index (κ1) is 13.4. The Morgan fingerprint density at radius 2 is 2.33 bits per heavy atom. The number of nitrogens with one attached hydrogen (secondary N) is 1. The van der Waals surface area contributed by atoms with Gasteiger partial charge >= 0.3 is 0 Å². The van der Waals surface area contributed by atoms with E-state index in [2.05, 4.69) is 18.3 Å². The molecule has 1 aromatic rings. The summed E-state index contributed by atoms with van der Waals surface area (Å²) in [6, 6.07) is 8.29. The van der Waals surface area contributed by atoms with Crippen LogP contribution in [0.1, 0.15) is 37.8 Å². The molecule has 1 heterocycles. The molecule has 1 aliphatic rings. The number of halogens is 1. The van der Waals surface area contributed by atoms with Gasteiger partial charge in [-0.1, -0.05) is 30.7 Å². The van der Waals surface area contributed by atoms with E-state index in [9.17, 15) is 0 Å². The third-order valence-corrected chi connectivity index (χ3v) is 3.35. The first-order valence-corrected chi connectivity index (χ1v) is 6.98. The summed E-state index contributed by atoms with van der Waals surface area (Å²) in [6.45, 7) is 4.00. The van der Waals surface area contributed by atoms with Crippen LogP contribution in [-0.4, -0.2) is 13.2 Å². The zero-order chi connectivity index (χ0) is 12.8. The van der Waals surface area contributed by atoms with Crippen molar-refractivity contribution in [2.45, 2.75) is 32.2 Å². The standard InChI is InChI=1S/C15H20ClNO/c1-2-8-17-15(13-6-4-9-18-11-13)12-5-3-7-14(16)10-12/h3,5,7,10-11,15,17H,2,4,6,8-9H2,1H3. The SMILES string of the molecule is CCCNC(C1=COCCC1)c1cccc(Cl)c1. The summed E-state index contributed by atoms with van der Waals surface area (Å²) in [5.74, 6) is 0. The lowest BCUT2D eigenvalue weighted by Crippen LogP contribution is -2.25. The smallest absolute Gasteiger partial charge is 0.0876 e. The number of benzene rings is 1. The molecule has 1 aromatic carbocycles. The molecule has 0 bridgehead atoms. The van der Waals surface area contributed by atoms with Crippen LogP contribution in [0.25, 0.3) is 0 Å². The number of ether oxygens (including phenoxy) is 1. The third-order valence-electron chi connectivity index (χ3n) is 3.11. The molecule has 0 saturated carbocycles. The van der Waals surface area contributed by atoms with Gasteiger partial charge < -0.3 is 10.1 Å². The van der Waals surface area contributed by atoms with Gasteiger partial charge in [0.25, 0.3) is 0 Å². The molecule has 2 rings (SSSR count). The Bertz CT molecular complexity index is 417. The molecule has 1 N–H and O–H groups in total. The van der Waals surface area contributed by atoms with Crippen LogP contribution in [0.3, 0.4) is 0 Å². The predicted molar refractivity (Wildman–Crippen MR) is 75.8 cm³/mol. The van der Waals surface area contributed by atoms with Crippen molar-refractivity contribution in [3.63, 3.8) is 0 Å². The van der Waals surface area contributed by atoms with Crippen molar-refractivity contribution < 1.29 is 4.74 Å². The fourth-order valence-electron chi connectivity index (χ4n) is 2.23. The molecule has 3 heteroatoms. The highest BCUT2D eigenvalue weighted by Crippen LogP contribution is 2.29. The summed E-state index contributed by atoms with van der Waals surface area (Å²) in [5, 5.41) is 4.36. The minimum absolute atomic E-state index is 0.226. The summed E-state index contributed by atoms with van der Waals surface area (Å²) >= 11 is 6.08. The molecule has 1 aliphatic heterocycles. The van der Waals surface area contributed by atoms with Crippen LogP contribution in [-0.2, 0) is 4.74 Å². The second-order valence-corrected chi connectivity index (χ2v) is 5.05. The van der Waals surface area contributed by atoms with Crippen LogP contribution in [0.4, 0.5) is 0 Å². The van der Waals surface area contributed by atoms with Crippen molar-refractivity contribution >= 4 is 11.6 Å². The fourth-order valence-corrected chi connectivity index (χ4v) is 2.43. The van der Waals surface area contributed by atoms with Gasteiger partial charge in [0.15, 0.2) is 0 Å². The second kappa shape index (κ2) is 6.81. The summed E-state index contributed by atoms with van der Waals surface area (Å²) in [6.07, 6.45) is 5.22. The molecule has 98 valence electrons. The number of hydrogen-bond acceptors (Lipinski definition) is 2. The van der Waals surface area contributed by atoms with Gasteiger partial charge in [-0.2, -0.15) is 0 Å². The maximum atomic E-state index is 6.08. The van der Waals surface area contributed by atoms with E-state index in [0.29, 0.717) is 0 Å². The molecule has 0 radical (unpaired) electrons. The largest absolute Gasteiger partial charge is 0.501 e. The van der Waals surface area contributed by atoms with E-state index in [1.54, 1.807) is 0 Å². The second-order valence-electron chi connectivity index (χ2n) is 4.61. The van der Waals surface area contributed by atoms with Crippen molar-refractivity contribution in [3.8, 4) is 0 Å². The van der Waals surface area contributed by atoms with Gasteiger partial charge in [-0.25, -0.2) is 0 Å². The maximum absolute atomic E-state index is 6.08. The monoisotopic (exact) mass is 265 g/mol. The van der Waals surface area contributed by atoms with Gasteiger partial charge in [-0.3, -0.25) is 0 Å². The Hall–Kier alpha value is -0.990. The highest BCUT2D eigenvalue weighted by molar-refractivity contribution is 6.30. The molecular formula is C15H20ClNO. The minimum atomic E-state index is 0.226. The van der Waals surface area contributed by atoms with Crippen LogP contribution >= 0.6 is 11.6 Å².